The highest BCUT2D eigenvalue weighted by atomic mass is 32.2. The highest BCUT2D eigenvalue weighted by Crippen LogP contribution is 2.41. The van der Waals surface area contributed by atoms with Crippen molar-refractivity contribution in [2.24, 2.45) is 0 Å². The number of carboxylic acid groups (broad SMARTS) is 1. The van der Waals surface area contributed by atoms with E-state index in [1.54, 1.807) is 42.6 Å². The van der Waals surface area contributed by atoms with Crippen LogP contribution >= 0.6 is 0 Å². The zero-order chi connectivity index (χ0) is 23.6. The van der Waals surface area contributed by atoms with E-state index in [9.17, 15) is 13.2 Å². The number of H-pyrrole nitrogens is 1. The number of carbonyl (C=O) groups is 1. The van der Waals surface area contributed by atoms with E-state index in [1.165, 1.54) is 6.26 Å². The van der Waals surface area contributed by atoms with Crippen molar-refractivity contribution < 1.29 is 23.1 Å². The van der Waals surface area contributed by atoms with Gasteiger partial charge in [0.25, 0.3) is 0 Å². The van der Waals surface area contributed by atoms with Crippen molar-refractivity contribution in [3.05, 3.63) is 89.2 Å². The lowest BCUT2D eigenvalue weighted by Gasteiger charge is -2.33. The third-order valence-corrected chi connectivity index (χ3v) is 7.47. The topological polar surface area (TPSA) is 96.5 Å². The summed E-state index contributed by atoms with van der Waals surface area (Å²) in [6, 6.07) is 18.2. The number of aliphatic carboxylic acids is 1. The molecule has 32 heavy (non-hydrogen) atoms. The van der Waals surface area contributed by atoms with E-state index < -0.39 is 27.2 Å². The van der Waals surface area contributed by atoms with E-state index in [-0.39, 0.29) is 11.8 Å². The molecule has 7 heteroatoms. The van der Waals surface area contributed by atoms with Gasteiger partial charge in [0.1, 0.15) is 10.5 Å². The molecule has 3 rings (SSSR count). The number of rotatable bonds is 8. The molecule has 0 bridgehead atoms. The van der Waals surface area contributed by atoms with Crippen LogP contribution < -0.4 is 4.74 Å². The predicted octanol–water partition coefficient (Wildman–Crippen LogP) is 4.31. The van der Waals surface area contributed by atoms with Gasteiger partial charge in [-0.2, -0.15) is 0 Å². The fourth-order valence-corrected chi connectivity index (χ4v) is 5.38. The smallest absolute Gasteiger partial charge is 0.341 e. The Labute approximate surface area is 189 Å². The first-order valence-electron chi connectivity index (χ1n) is 10.3. The Balaban J connectivity index is 2.15. The second-order valence-corrected chi connectivity index (χ2v) is 11.3. The van der Waals surface area contributed by atoms with Crippen LogP contribution in [0.5, 0.6) is 5.75 Å². The molecule has 2 N–H and O–H groups in total. The molecule has 0 saturated carbocycles. The van der Waals surface area contributed by atoms with Crippen molar-refractivity contribution in [3.8, 4) is 5.75 Å². The molecule has 6 nitrogen and oxygen atoms in total. The molecule has 0 saturated heterocycles. The summed E-state index contributed by atoms with van der Waals surface area (Å²) in [5.74, 6) is -0.805. The summed E-state index contributed by atoms with van der Waals surface area (Å²) >= 11 is 0. The van der Waals surface area contributed by atoms with Gasteiger partial charge >= 0.3 is 5.97 Å². The number of sulfone groups is 1. The second kappa shape index (κ2) is 8.82. The van der Waals surface area contributed by atoms with Crippen LogP contribution in [0, 0.1) is 0 Å². The highest BCUT2D eigenvalue weighted by molar-refractivity contribution is 7.91. The van der Waals surface area contributed by atoms with Gasteiger partial charge in [-0.05, 0) is 46.4 Å². The maximum atomic E-state index is 13.4. The minimum absolute atomic E-state index is 0.0122. The van der Waals surface area contributed by atoms with Crippen molar-refractivity contribution in [3.63, 3.8) is 0 Å². The molecule has 1 unspecified atom stereocenters. The number of nitrogens with one attached hydrogen (secondary N) is 1. The molecular formula is C25H29NO5S. The van der Waals surface area contributed by atoms with E-state index in [2.05, 4.69) is 25.8 Å². The second-order valence-electron chi connectivity index (χ2n) is 9.02. The average molecular weight is 456 g/mol. The third-order valence-electron chi connectivity index (χ3n) is 5.60. The Morgan fingerprint density at radius 2 is 1.69 bits per heavy atom. The fraction of sp³-hybridized carbons (Fsp3) is 0.320. The van der Waals surface area contributed by atoms with Gasteiger partial charge in [-0.25, -0.2) is 13.2 Å². The SMILES string of the molecule is CC(C)(C)c1ccc(CC(c2cccc(OCC(=O)O)c2)(c2ccc[nH]2)S(C)(=O)=O)cc1. The van der Waals surface area contributed by atoms with Gasteiger partial charge in [0.2, 0.25) is 0 Å². The van der Waals surface area contributed by atoms with Gasteiger partial charge in [-0.1, -0.05) is 57.2 Å². The lowest BCUT2D eigenvalue weighted by atomic mass is 9.84. The summed E-state index contributed by atoms with van der Waals surface area (Å²) in [7, 11) is -3.69. The molecule has 0 aliphatic rings. The molecule has 3 aromatic rings. The lowest BCUT2D eigenvalue weighted by molar-refractivity contribution is -0.139. The number of benzene rings is 2. The normalized spacial score (nSPS) is 14.0. The number of ether oxygens (including phenoxy) is 1. The molecule has 170 valence electrons. The lowest BCUT2D eigenvalue weighted by Crippen LogP contribution is -2.39. The zero-order valence-corrected chi connectivity index (χ0v) is 19.6. The minimum atomic E-state index is -3.69. The quantitative estimate of drug-likeness (QED) is 0.528. The molecule has 0 amide bonds. The fourth-order valence-electron chi connectivity index (χ4n) is 3.87. The Bertz CT molecular complexity index is 1180. The maximum Gasteiger partial charge on any atom is 0.341 e. The molecule has 0 fully saturated rings. The van der Waals surface area contributed by atoms with Gasteiger partial charge < -0.3 is 14.8 Å². The molecule has 2 aromatic carbocycles. The molecule has 0 spiro atoms. The van der Waals surface area contributed by atoms with Gasteiger partial charge in [0.15, 0.2) is 16.4 Å². The van der Waals surface area contributed by atoms with Gasteiger partial charge in [-0.3, -0.25) is 0 Å². The van der Waals surface area contributed by atoms with Crippen molar-refractivity contribution in [2.45, 2.75) is 37.4 Å². The van der Waals surface area contributed by atoms with Gasteiger partial charge in [0, 0.05) is 24.6 Å². The van der Waals surface area contributed by atoms with Gasteiger partial charge in [-0.15, -0.1) is 0 Å². The number of hydrogen-bond acceptors (Lipinski definition) is 4. The Kier molecular flexibility index (Phi) is 6.51. The van der Waals surface area contributed by atoms with Crippen LogP contribution in [-0.2, 0) is 31.2 Å². The third kappa shape index (κ3) is 4.88. The Morgan fingerprint density at radius 3 is 2.22 bits per heavy atom. The minimum Gasteiger partial charge on any atom is -0.482 e. The van der Waals surface area contributed by atoms with Crippen LogP contribution in [0.2, 0.25) is 0 Å². The van der Waals surface area contributed by atoms with Crippen molar-refractivity contribution in [1.29, 1.82) is 0 Å². The van der Waals surface area contributed by atoms with Crippen LogP contribution in [0.3, 0.4) is 0 Å². The van der Waals surface area contributed by atoms with E-state index in [1.807, 2.05) is 24.3 Å². The summed E-state index contributed by atoms with van der Waals surface area (Å²) in [5.41, 5.74) is 3.06. The first kappa shape index (κ1) is 23.6. The molecular weight excluding hydrogens is 426 g/mol. The van der Waals surface area contributed by atoms with Crippen molar-refractivity contribution in [2.75, 3.05) is 12.9 Å². The Morgan fingerprint density at radius 1 is 1.00 bits per heavy atom. The van der Waals surface area contributed by atoms with Crippen molar-refractivity contribution in [1.82, 2.24) is 4.98 Å². The molecule has 0 aliphatic heterocycles. The van der Waals surface area contributed by atoms with Crippen LogP contribution in [-0.4, -0.2) is 37.3 Å². The average Bonchev–Trinajstić information content (AvgIpc) is 3.24. The first-order valence-corrected chi connectivity index (χ1v) is 12.2. The summed E-state index contributed by atoms with van der Waals surface area (Å²) in [6.45, 7) is 5.88. The van der Waals surface area contributed by atoms with E-state index >= 15 is 0 Å². The molecule has 1 heterocycles. The van der Waals surface area contributed by atoms with E-state index in [0.717, 1.165) is 11.1 Å². The Hall–Kier alpha value is -3.06. The van der Waals surface area contributed by atoms with Crippen molar-refractivity contribution >= 4 is 15.8 Å². The van der Waals surface area contributed by atoms with Crippen LogP contribution in [0.4, 0.5) is 0 Å². The number of hydrogen-bond donors (Lipinski definition) is 2. The molecule has 1 atom stereocenters. The van der Waals surface area contributed by atoms with E-state index in [4.69, 9.17) is 9.84 Å². The number of aromatic amines is 1. The zero-order valence-electron chi connectivity index (χ0n) is 18.8. The number of aromatic nitrogens is 1. The summed E-state index contributed by atoms with van der Waals surface area (Å²) in [4.78, 5) is 14.0. The maximum absolute atomic E-state index is 13.4. The molecule has 0 radical (unpaired) electrons. The predicted molar refractivity (Wildman–Crippen MR) is 125 cm³/mol. The summed E-state index contributed by atoms with van der Waals surface area (Å²) < 4.78 is 30.7. The van der Waals surface area contributed by atoms with E-state index in [0.29, 0.717) is 17.0 Å². The van der Waals surface area contributed by atoms with Gasteiger partial charge in [0.05, 0.1) is 0 Å². The largest absolute Gasteiger partial charge is 0.482 e. The van der Waals surface area contributed by atoms with Crippen LogP contribution in [0.1, 0.15) is 43.2 Å². The standard InChI is InChI=1S/C25H29NO5S/c1-24(2,3)19-12-10-18(11-13-19)16-25(32(4,29)30,22-9-6-14-26-22)20-7-5-8-21(15-20)31-17-23(27)28/h5-15,26H,16-17H2,1-4H3,(H,27,28). The van der Waals surface area contributed by atoms with Crippen LogP contribution in [0.15, 0.2) is 66.9 Å². The molecule has 0 aliphatic carbocycles. The van der Waals surface area contributed by atoms with Crippen LogP contribution in [0.25, 0.3) is 0 Å². The first-order chi connectivity index (χ1) is 14.9. The molecule has 1 aromatic heterocycles. The highest BCUT2D eigenvalue weighted by Gasteiger charge is 2.45. The monoisotopic (exact) mass is 455 g/mol. The summed E-state index contributed by atoms with van der Waals surface area (Å²) in [5, 5.41) is 8.93. The number of carboxylic acids is 1. The summed E-state index contributed by atoms with van der Waals surface area (Å²) in [6.07, 6.45) is 3.13.